The highest BCUT2D eigenvalue weighted by atomic mass is 16.2. The summed E-state index contributed by atoms with van der Waals surface area (Å²) in [6, 6.07) is 8.31. The predicted octanol–water partition coefficient (Wildman–Crippen LogP) is 2.98. The van der Waals surface area contributed by atoms with Crippen molar-refractivity contribution >= 4 is 5.91 Å². The molecule has 1 aromatic rings. The minimum absolute atomic E-state index is 0.197. The van der Waals surface area contributed by atoms with Crippen LogP contribution in [0.2, 0.25) is 0 Å². The predicted molar refractivity (Wildman–Crippen MR) is 82.8 cm³/mol. The van der Waals surface area contributed by atoms with Gasteiger partial charge in [0.15, 0.2) is 0 Å². The quantitative estimate of drug-likeness (QED) is 0.917. The fourth-order valence-corrected chi connectivity index (χ4v) is 3.13. The zero-order chi connectivity index (χ0) is 14.4. The Morgan fingerprint density at radius 2 is 2.10 bits per heavy atom. The second-order valence-electron chi connectivity index (χ2n) is 5.61. The molecule has 1 saturated heterocycles. The summed E-state index contributed by atoms with van der Waals surface area (Å²) in [6.07, 6.45) is 6.57. The maximum atomic E-state index is 12.9. The van der Waals surface area contributed by atoms with Gasteiger partial charge in [0.1, 0.15) is 0 Å². The third-order valence-electron chi connectivity index (χ3n) is 4.27. The average molecular weight is 274 g/mol. The van der Waals surface area contributed by atoms with E-state index >= 15 is 0 Å². The third kappa shape index (κ3) is 3.40. The van der Waals surface area contributed by atoms with Crippen LogP contribution in [0.15, 0.2) is 24.3 Å². The number of carbonyl (C=O) groups is 1. The highest BCUT2D eigenvalue weighted by Crippen LogP contribution is 2.22. The molecule has 0 radical (unpaired) electrons. The number of nitrogens with two attached hydrogens (primary N) is 1. The molecule has 1 fully saturated rings. The van der Waals surface area contributed by atoms with Gasteiger partial charge in [0.05, 0.1) is 0 Å². The molecule has 1 heterocycles. The Hall–Kier alpha value is -1.35. The van der Waals surface area contributed by atoms with E-state index in [1.807, 2.05) is 24.3 Å². The molecule has 2 rings (SSSR count). The molecule has 0 spiro atoms. The molecule has 3 heteroatoms. The van der Waals surface area contributed by atoms with E-state index in [9.17, 15) is 4.79 Å². The maximum absolute atomic E-state index is 12.9. The van der Waals surface area contributed by atoms with Gasteiger partial charge in [0.25, 0.3) is 5.91 Å². The Labute approximate surface area is 122 Å². The molecule has 1 atom stereocenters. The molecule has 1 aliphatic heterocycles. The lowest BCUT2D eigenvalue weighted by atomic mass is 10.0. The molecule has 1 amide bonds. The second kappa shape index (κ2) is 7.44. The van der Waals surface area contributed by atoms with Crippen LogP contribution in [0.1, 0.15) is 54.9 Å². The summed E-state index contributed by atoms with van der Waals surface area (Å²) < 4.78 is 0. The number of nitrogens with zero attached hydrogens (tertiary/aromatic N) is 1. The van der Waals surface area contributed by atoms with Crippen molar-refractivity contribution in [2.45, 2.75) is 51.5 Å². The summed E-state index contributed by atoms with van der Waals surface area (Å²) in [6.45, 7) is 3.66. The fourth-order valence-electron chi connectivity index (χ4n) is 3.13. The number of carbonyl (C=O) groups excluding carboxylic acids is 1. The first-order valence-electron chi connectivity index (χ1n) is 7.86. The topological polar surface area (TPSA) is 46.3 Å². The molecule has 3 nitrogen and oxygen atoms in total. The van der Waals surface area contributed by atoms with Crippen LogP contribution in [-0.2, 0) is 6.42 Å². The lowest BCUT2D eigenvalue weighted by Gasteiger charge is -2.30. The van der Waals surface area contributed by atoms with Crippen LogP contribution < -0.4 is 5.73 Å². The van der Waals surface area contributed by atoms with Crippen LogP contribution >= 0.6 is 0 Å². The van der Waals surface area contributed by atoms with Gasteiger partial charge in [-0.2, -0.15) is 0 Å². The molecule has 2 N–H and O–H groups in total. The molecule has 0 aliphatic carbocycles. The van der Waals surface area contributed by atoms with Crippen LogP contribution in [-0.4, -0.2) is 29.9 Å². The molecular formula is C17H26N2O. The number of benzene rings is 1. The Bertz CT molecular complexity index is 444. The highest BCUT2D eigenvalue weighted by Gasteiger charge is 2.26. The zero-order valence-corrected chi connectivity index (χ0v) is 12.5. The molecule has 0 bridgehead atoms. The van der Waals surface area contributed by atoms with Gasteiger partial charge >= 0.3 is 0 Å². The van der Waals surface area contributed by atoms with Gasteiger partial charge in [-0.05, 0) is 43.9 Å². The van der Waals surface area contributed by atoms with Crippen LogP contribution in [0, 0.1) is 0 Å². The summed E-state index contributed by atoms with van der Waals surface area (Å²) in [5.41, 5.74) is 7.59. The minimum Gasteiger partial charge on any atom is -0.336 e. The van der Waals surface area contributed by atoms with E-state index in [0.29, 0.717) is 12.6 Å². The second-order valence-corrected chi connectivity index (χ2v) is 5.61. The lowest BCUT2D eigenvalue weighted by molar-refractivity contribution is 0.0677. The molecule has 20 heavy (non-hydrogen) atoms. The smallest absolute Gasteiger partial charge is 0.254 e. The Balaban J connectivity index is 2.24. The van der Waals surface area contributed by atoms with E-state index in [1.165, 1.54) is 12.8 Å². The third-order valence-corrected chi connectivity index (χ3v) is 4.27. The van der Waals surface area contributed by atoms with E-state index in [0.717, 1.165) is 43.4 Å². The minimum atomic E-state index is 0.197. The van der Waals surface area contributed by atoms with Crippen molar-refractivity contribution in [1.29, 1.82) is 0 Å². The summed E-state index contributed by atoms with van der Waals surface area (Å²) in [5.74, 6) is 0.197. The molecule has 0 saturated carbocycles. The van der Waals surface area contributed by atoms with Crippen molar-refractivity contribution in [2.75, 3.05) is 13.1 Å². The van der Waals surface area contributed by atoms with E-state index in [-0.39, 0.29) is 5.91 Å². The normalized spacial score (nSPS) is 19.7. The van der Waals surface area contributed by atoms with Crippen LogP contribution in [0.3, 0.4) is 0 Å². The monoisotopic (exact) mass is 274 g/mol. The molecule has 1 aliphatic rings. The van der Waals surface area contributed by atoms with Crippen molar-refractivity contribution in [3.63, 3.8) is 0 Å². The number of rotatable bonds is 4. The zero-order valence-electron chi connectivity index (χ0n) is 12.5. The van der Waals surface area contributed by atoms with E-state index in [1.54, 1.807) is 0 Å². The van der Waals surface area contributed by atoms with E-state index < -0.39 is 0 Å². The summed E-state index contributed by atoms with van der Waals surface area (Å²) in [7, 11) is 0. The number of likely N-dealkylation sites (tertiary alicyclic amines) is 1. The van der Waals surface area contributed by atoms with Crippen molar-refractivity contribution < 1.29 is 4.79 Å². The Morgan fingerprint density at radius 1 is 1.30 bits per heavy atom. The SMILES string of the molecule is CCC1CCCCCN1C(=O)c1ccccc1CCN. The highest BCUT2D eigenvalue weighted by molar-refractivity contribution is 5.96. The largest absolute Gasteiger partial charge is 0.336 e. The van der Waals surface area contributed by atoms with Gasteiger partial charge in [0, 0.05) is 18.2 Å². The van der Waals surface area contributed by atoms with Crippen molar-refractivity contribution in [1.82, 2.24) is 4.90 Å². The summed E-state index contributed by atoms with van der Waals surface area (Å²) >= 11 is 0. The molecule has 1 unspecified atom stereocenters. The van der Waals surface area contributed by atoms with E-state index in [4.69, 9.17) is 5.73 Å². The number of hydrogen-bond donors (Lipinski definition) is 1. The van der Waals surface area contributed by atoms with Crippen molar-refractivity contribution in [3.05, 3.63) is 35.4 Å². The van der Waals surface area contributed by atoms with Crippen molar-refractivity contribution in [3.8, 4) is 0 Å². The molecule has 1 aromatic carbocycles. The Morgan fingerprint density at radius 3 is 2.85 bits per heavy atom. The van der Waals surface area contributed by atoms with Gasteiger partial charge in [-0.25, -0.2) is 0 Å². The first kappa shape index (κ1) is 15.0. The van der Waals surface area contributed by atoms with Crippen LogP contribution in [0.25, 0.3) is 0 Å². The van der Waals surface area contributed by atoms with Crippen LogP contribution in [0.4, 0.5) is 0 Å². The van der Waals surface area contributed by atoms with Gasteiger partial charge in [0.2, 0.25) is 0 Å². The molecular weight excluding hydrogens is 248 g/mol. The summed E-state index contributed by atoms with van der Waals surface area (Å²) in [4.78, 5) is 15.0. The van der Waals surface area contributed by atoms with Crippen LogP contribution in [0.5, 0.6) is 0 Å². The lowest BCUT2D eigenvalue weighted by Crippen LogP contribution is -2.40. The summed E-state index contributed by atoms with van der Waals surface area (Å²) in [5, 5.41) is 0. The van der Waals surface area contributed by atoms with Gasteiger partial charge in [-0.3, -0.25) is 4.79 Å². The molecule has 110 valence electrons. The first-order valence-corrected chi connectivity index (χ1v) is 7.86. The molecule has 0 aromatic heterocycles. The number of amides is 1. The Kier molecular flexibility index (Phi) is 5.60. The average Bonchev–Trinajstić information content (AvgIpc) is 2.72. The van der Waals surface area contributed by atoms with Gasteiger partial charge in [-0.1, -0.05) is 38.0 Å². The van der Waals surface area contributed by atoms with E-state index in [2.05, 4.69) is 11.8 Å². The van der Waals surface area contributed by atoms with Gasteiger partial charge in [-0.15, -0.1) is 0 Å². The first-order chi connectivity index (χ1) is 9.77. The van der Waals surface area contributed by atoms with Crippen molar-refractivity contribution in [2.24, 2.45) is 5.73 Å². The number of hydrogen-bond acceptors (Lipinski definition) is 2. The standard InChI is InChI=1S/C17H26N2O/c1-2-15-9-4-3-7-13-19(15)17(20)16-10-6-5-8-14(16)11-12-18/h5-6,8,10,15H,2-4,7,9,11-13,18H2,1H3. The fraction of sp³-hybridized carbons (Fsp3) is 0.588. The van der Waals surface area contributed by atoms with Gasteiger partial charge < -0.3 is 10.6 Å². The maximum Gasteiger partial charge on any atom is 0.254 e.